The Morgan fingerprint density at radius 1 is 1.19 bits per heavy atom. The molecule has 1 saturated heterocycles. The zero-order chi connectivity index (χ0) is 22.0. The number of sulfonamides is 1. The quantitative estimate of drug-likeness (QED) is 0.647. The number of benzene rings is 2. The molecule has 31 heavy (non-hydrogen) atoms. The Balaban J connectivity index is 1.64. The Bertz CT molecular complexity index is 1260. The van der Waals surface area contributed by atoms with Crippen molar-refractivity contribution in [1.29, 1.82) is 5.26 Å². The second-order valence-corrected chi connectivity index (χ2v) is 9.90. The molecule has 1 aliphatic rings. The van der Waals surface area contributed by atoms with Gasteiger partial charge in [-0.2, -0.15) is 5.26 Å². The molecule has 6 nitrogen and oxygen atoms in total. The van der Waals surface area contributed by atoms with Gasteiger partial charge in [0.2, 0.25) is 10.0 Å². The summed E-state index contributed by atoms with van der Waals surface area (Å²) in [5.41, 5.74) is 2.40. The molecule has 0 radical (unpaired) electrons. The number of nitrogens with one attached hydrogen (secondary N) is 1. The van der Waals surface area contributed by atoms with Crippen molar-refractivity contribution in [2.24, 2.45) is 0 Å². The van der Waals surface area contributed by atoms with E-state index in [1.807, 2.05) is 24.3 Å². The predicted octanol–water partition coefficient (Wildman–Crippen LogP) is 4.14. The summed E-state index contributed by atoms with van der Waals surface area (Å²) in [5, 5.41) is 14.4. The van der Waals surface area contributed by atoms with Crippen LogP contribution >= 0.6 is 0 Å². The lowest BCUT2D eigenvalue weighted by molar-refractivity contribution is 0.330. The van der Waals surface area contributed by atoms with Crippen LogP contribution in [0.5, 0.6) is 0 Å². The predicted molar refractivity (Wildman–Crippen MR) is 120 cm³/mol. The number of hydrogen-bond acceptors (Lipinski definition) is 5. The van der Waals surface area contributed by atoms with Gasteiger partial charge in [-0.3, -0.25) is 4.98 Å². The maximum atomic E-state index is 14.2. The summed E-state index contributed by atoms with van der Waals surface area (Å²) in [6.45, 7) is 2.64. The molecular formula is C23H23FN4O2S. The fraction of sp³-hybridized carbons (Fsp3) is 0.304. The van der Waals surface area contributed by atoms with Crippen LogP contribution in [-0.4, -0.2) is 42.6 Å². The Kier molecular flexibility index (Phi) is 5.90. The number of rotatable bonds is 5. The van der Waals surface area contributed by atoms with Crippen LogP contribution in [-0.2, 0) is 10.0 Å². The third kappa shape index (κ3) is 4.38. The summed E-state index contributed by atoms with van der Waals surface area (Å²) in [6, 6.07) is 12.4. The number of anilines is 1. The van der Waals surface area contributed by atoms with E-state index in [-0.39, 0.29) is 17.4 Å². The molecular weight excluding hydrogens is 415 g/mol. The van der Waals surface area contributed by atoms with Crippen molar-refractivity contribution in [2.45, 2.75) is 25.8 Å². The first-order valence-electron chi connectivity index (χ1n) is 10.2. The van der Waals surface area contributed by atoms with Crippen LogP contribution in [0, 0.1) is 17.1 Å². The molecule has 4 rings (SSSR count). The van der Waals surface area contributed by atoms with Crippen LogP contribution in [0.4, 0.5) is 10.1 Å². The van der Waals surface area contributed by atoms with Gasteiger partial charge in [0.15, 0.2) is 0 Å². The third-order valence-electron chi connectivity index (χ3n) is 5.75. The highest BCUT2D eigenvalue weighted by Gasteiger charge is 2.27. The fourth-order valence-corrected chi connectivity index (χ4v) is 5.08. The maximum absolute atomic E-state index is 14.2. The summed E-state index contributed by atoms with van der Waals surface area (Å²) < 4.78 is 40.0. The summed E-state index contributed by atoms with van der Waals surface area (Å²) >= 11 is 0. The lowest BCUT2D eigenvalue weighted by Crippen LogP contribution is -2.42. The average molecular weight is 439 g/mol. The van der Waals surface area contributed by atoms with Crippen LogP contribution in [0.3, 0.4) is 0 Å². The first kappa shape index (κ1) is 21.2. The van der Waals surface area contributed by atoms with Gasteiger partial charge in [0.1, 0.15) is 11.9 Å². The Hall–Kier alpha value is -3.02. The van der Waals surface area contributed by atoms with Gasteiger partial charge in [-0.15, -0.1) is 0 Å². The van der Waals surface area contributed by atoms with Crippen molar-refractivity contribution in [3.8, 4) is 17.2 Å². The van der Waals surface area contributed by atoms with Crippen molar-refractivity contribution in [3.63, 3.8) is 0 Å². The van der Waals surface area contributed by atoms with E-state index < -0.39 is 15.8 Å². The molecule has 1 fully saturated rings. The number of hydrogen-bond donors (Lipinski definition) is 1. The van der Waals surface area contributed by atoms with E-state index in [2.05, 4.69) is 10.3 Å². The van der Waals surface area contributed by atoms with Crippen molar-refractivity contribution in [3.05, 3.63) is 60.2 Å². The average Bonchev–Trinajstić information content (AvgIpc) is 2.79. The summed E-state index contributed by atoms with van der Waals surface area (Å²) in [4.78, 5) is 4.24. The summed E-state index contributed by atoms with van der Waals surface area (Å²) in [7, 11) is -3.17. The van der Waals surface area contributed by atoms with E-state index in [1.54, 1.807) is 29.7 Å². The largest absolute Gasteiger partial charge is 0.382 e. The number of nitrogens with zero attached hydrogens (tertiary/aromatic N) is 3. The highest BCUT2D eigenvalue weighted by atomic mass is 32.2. The second-order valence-electron chi connectivity index (χ2n) is 7.65. The smallest absolute Gasteiger partial charge is 0.213 e. The van der Waals surface area contributed by atoms with Crippen LogP contribution in [0.15, 0.2) is 48.8 Å². The standard InChI is InChI=1S/C23H23FN4O2S/c1-2-31(29,30)28-9-6-20(7-10-28)27-23-13-19(11-17-5-8-26-15-21(17)23)16-3-4-18(14-25)22(24)12-16/h3-5,8,11-13,15,20,27H,2,6-7,9-10H2,1H3. The molecule has 0 atom stereocenters. The Morgan fingerprint density at radius 3 is 2.65 bits per heavy atom. The van der Waals surface area contributed by atoms with E-state index >= 15 is 0 Å². The van der Waals surface area contributed by atoms with Crippen molar-refractivity contribution < 1.29 is 12.8 Å². The van der Waals surface area contributed by atoms with Gasteiger partial charge in [-0.1, -0.05) is 6.07 Å². The van der Waals surface area contributed by atoms with Gasteiger partial charge in [0.25, 0.3) is 0 Å². The minimum absolute atomic E-state index is 0.0147. The monoisotopic (exact) mass is 438 g/mol. The molecule has 0 amide bonds. The third-order valence-corrected chi connectivity index (χ3v) is 7.63. The highest BCUT2D eigenvalue weighted by Crippen LogP contribution is 2.32. The normalized spacial score (nSPS) is 15.6. The minimum atomic E-state index is -3.17. The molecule has 0 saturated carbocycles. The minimum Gasteiger partial charge on any atom is -0.382 e. The first-order valence-corrected chi connectivity index (χ1v) is 11.8. The topological polar surface area (TPSA) is 86.1 Å². The van der Waals surface area contributed by atoms with Gasteiger partial charge < -0.3 is 5.32 Å². The van der Waals surface area contributed by atoms with Gasteiger partial charge in [-0.25, -0.2) is 17.1 Å². The molecule has 160 valence electrons. The lowest BCUT2D eigenvalue weighted by atomic mass is 9.98. The second kappa shape index (κ2) is 8.61. The molecule has 8 heteroatoms. The van der Waals surface area contributed by atoms with Crippen LogP contribution in [0.1, 0.15) is 25.3 Å². The lowest BCUT2D eigenvalue weighted by Gasteiger charge is -2.32. The Labute approximate surface area is 181 Å². The van der Waals surface area contributed by atoms with Crippen LogP contribution in [0.2, 0.25) is 0 Å². The van der Waals surface area contributed by atoms with Gasteiger partial charge in [0, 0.05) is 42.6 Å². The number of aromatic nitrogens is 1. The zero-order valence-corrected chi connectivity index (χ0v) is 18.0. The molecule has 0 spiro atoms. The number of pyridine rings is 1. The zero-order valence-electron chi connectivity index (χ0n) is 17.2. The molecule has 2 heterocycles. The molecule has 1 aliphatic heterocycles. The SMILES string of the molecule is CCS(=O)(=O)N1CCC(Nc2cc(-c3ccc(C#N)c(F)c3)cc3ccncc23)CC1. The Morgan fingerprint density at radius 2 is 1.97 bits per heavy atom. The van der Waals surface area contributed by atoms with Crippen LogP contribution < -0.4 is 5.32 Å². The maximum Gasteiger partial charge on any atom is 0.213 e. The number of piperidine rings is 1. The molecule has 2 aromatic carbocycles. The molecule has 0 unspecified atom stereocenters. The number of nitriles is 1. The van der Waals surface area contributed by atoms with Crippen molar-refractivity contribution >= 4 is 26.5 Å². The number of fused-ring (bicyclic) bond motifs is 1. The van der Waals surface area contributed by atoms with Gasteiger partial charge >= 0.3 is 0 Å². The molecule has 1 N–H and O–H groups in total. The molecule has 0 bridgehead atoms. The van der Waals surface area contributed by atoms with E-state index in [9.17, 15) is 12.8 Å². The van der Waals surface area contributed by atoms with E-state index in [4.69, 9.17) is 5.26 Å². The van der Waals surface area contributed by atoms with Crippen molar-refractivity contribution in [2.75, 3.05) is 24.2 Å². The summed E-state index contributed by atoms with van der Waals surface area (Å²) in [5.74, 6) is -0.432. The van der Waals surface area contributed by atoms with E-state index in [0.29, 0.717) is 31.5 Å². The van der Waals surface area contributed by atoms with Gasteiger partial charge in [-0.05, 0) is 66.6 Å². The summed E-state index contributed by atoms with van der Waals surface area (Å²) in [6.07, 6.45) is 4.91. The van der Waals surface area contributed by atoms with Crippen molar-refractivity contribution in [1.82, 2.24) is 9.29 Å². The van der Waals surface area contributed by atoms with E-state index in [1.165, 1.54) is 12.1 Å². The highest BCUT2D eigenvalue weighted by molar-refractivity contribution is 7.89. The molecule has 3 aromatic rings. The van der Waals surface area contributed by atoms with E-state index in [0.717, 1.165) is 22.0 Å². The number of halogens is 1. The first-order chi connectivity index (χ1) is 14.9. The van der Waals surface area contributed by atoms with Crippen LogP contribution in [0.25, 0.3) is 21.9 Å². The fourth-order valence-electron chi connectivity index (χ4n) is 3.95. The molecule has 0 aliphatic carbocycles. The van der Waals surface area contributed by atoms with Gasteiger partial charge in [0.05, 0.1) is 11.3 Å². The molecule has 1 aromatic heterocycles.